The molecule has 0 aliphatic carbocycles. The summed E-state index contributed by atoms with van der Waals surface area (Å²) >= 11 is 0. The van der Waals surface area contributed by atoms with Gasteiger partial charge in [-0.2, -0.15) is 0 Å². The van der Waals surface area contributed by atoms with Crippen LogP contribution in [-0.2, 0) is 16.1 Å². The largest absolute Gasteiger partial charge is 0.496 e. The average Bonchev–Trinajstić information content (AvgIpc) is 3.20. The molecule has 2 aromatic rings. The lowest BCUT2D eigenvalue weighted by Gasteiger charge is -2.44. The van der Waals surface area contributed by atoms with Gasteiger partial charge >= 0.3 is 0 Å². The molecular weight excluding hydrogens is 475 g/mol. The van der Waals surface area contributed by atoms with Crippen molar-refractivity contribution in [3.8, 4) is 5.75 Å². The summed E-state index contributed by atoms with van der Waals surface area (Å²) in [5.74, 6) is -1.68. The minimum absolute atomic E-state index is 0.0717. The van der Waals surface area contributed by atoms with Gasteiger partial charge in [0.15, 0.2) is 0 Å². The number of fused-ring (bicyclic) bond motifs is 1. The summed E-state index contributed by atoms with van der Waals surface area (Å²) in [6.07, 6.45) is 0. The number of ether oxygens (including phenoxy) is 1. The molecule has 1 fully saturated rings. The van der Waals surface area contributed by atoms with Crippen molar-refractivity contribution in [2.75, 3.05) is 52.8 Å². The zero-order valence-electron chi connectivity index (χ0n) is 22.3. The van der Waals surface area contributed by atoms with E-state index in [0.29, 0.717) is 43.1 Å². The molecule has 1 unspecified atom stereocenters. The third-order valence-electron chi connectivity index (χ3n) is 7.43. The first-order valence-electron chi connectivity index (χ1n) is 12.5. The number of benzene rings is 2. The van der Waals surface area contributed by atoms with Crippen LogP contribution in [0, 0.1) is 5.82 Å². The monoisotopic (exact) mass is 510 g/mol. The van der Waals surface area contributed by atoms with Gasteiger partial charge < -0.3 is 19.4 Å². The third-order valence-corrected chi connectivity index (χ3v) is 7.43. The zero-order valence-corrected chi connectivity index (χ0v) is 22.3. The number of carbonyl (C=O) groups excluding carboxylic acids is 3. The molecule has 0 radical (unpaired) electrons. The highest BCUT2D eigenvalue weighted by molar-refractivity contribution is 6.38. The highest BCUT2D eigenvalue weighted by Crippen LogP contribution is 2.41. The molecule has 2 aliphatic heterocycles. The van der Waals surface area contributed by atoms with Crippen LogP contribution < -0.4 is 9.64 Å². The van der Waals surface area contributed by atoms with Crippen LogP contribution in [0.2, 0.25) is 0 Å². The molecule has 0 bridgehead atoms. The maximum atomic E-state index is 13.8. The molecule has 0 N–H and O–H groups in total. The molecule has 2 aromatic carbocycles. The standard InChI is InChI=1S/C28H35FN4O4/c1-17-14-33(18(2)13-32(17)15-19-7-9-20(29)10-8-19)27(35)22-11-21-23(26(34)28(36)30(3)4)16-31(5)24(21)12-25(22)37-6/h7-12,17-18,23H,13-16H2,1-6H3/t17-,18+,23?/m0/s1. The quantitative estimate of drug-likeness (QED) is 0.557. The van der Waals surface area contributed by atoms with Crippen molar-refractivity contribution >= 4 is 23.3 Å². The van der Waals surface area contributed by atoms with Crippen molar-refractivity contribution < 1.29 is 23.5 Å². The van der Waals surface area contributed by atoms with Gasteiger partial charge in [-0.25, -0.2) is 4.39 Å². The number of hydrogen-bond acceptors (Lipinski definition) is 6. The Balaban J connectivity index is 1.58. The van der Waals surface area contributed by atoms with Gasteiger partial charge in [0.1, 0.15) is 11.6 Å². The Labute approximate surface area is 217 Å². The van der Waals surface area contributed by atoms with Gasteiger partial charge in [0.25, 0.3) is 11.8 Å². The minimum Gasteiger partial charge on any atom is -0.496 e. The molecular formula is C28H35FN4O4. The number of halogens is 1. The smallest absolute Gasteiger partial charge is 0.290 e. The number of piperazine rings is 1. The van der Waals surface area contributed by atoms with Crippen molar-refractivity contribution in [1.82, 2.24) is 14.7 Å². The number of ketones is 1. The van der Waals surface area contributed by atoms with Crippen LogP contribution >= 0.6 is 0 Å². The second-order valence-corrected chi connectivity index (χ2v) is 10.3. The summed E-state index contributed by atoms with van der Waals surface area (Å²) in [6, 6.07) is 10.0. The predicted molar refractivity (Wildman–Crippen MR) is 139 cm³/mol. The van der Waals surface area contributed by atoms with Crippen molar-refractivity contribution in [3.63, 3.8) is 0 Å². The number of carbonyl (C=O) groups is 3. The van der Waals surface area contributed by atoms with Gasteiger partial charge in [0.05, 0.1) is 18.6 Å². The molecule has 0 spiro atoms. The van der Waals surface area contributed by atoms with Gasteiger partial charge in [-0.1, -0.05) is 12.1 Å². The lowest BCUT2D eigenvalue weighted by molar-refractivity contribution is -0.143. The Morgan fingerprint density at radius 1 is 1.03 bits per heavy atom. The maximum absolute atomic E-state index is 13.8. The van der Waals surface area contributed by atoms with E-state index in [-0.39, 0.29) is 23.8 Å². The Bertz CT molecular complexity index is 1200. The van der Waals surface area contributed by atoms with Gasteiger partial charge in [0.2, 0.25) is 5.78 Å². The summed E-state index contributed by atoms with van der Waals surface area (Å²) in [5.41, 5.74) is 2.86. The first-order chi connectivity index (χ1) is 17.5. The molecule has 8 nitrogen and oxygen atoms in total. The Hall–Kier alpha value is -3.46. The van der Waals surface area contributed by atoms with Crippen molar-refractivity contribution in [2.24, 2.45) is 0 Å². The van der Waals surface area contributed by atoms with Gasteiger partial charge in [0, 0.05) is 71.2 Å². The molecule has 0 aromatic heterocycles. The predicted octanol–water partition coefficient (Wildman–Crippen LogP) is 2.76. The molecule has 4 rings (SSSR count). The summed E-state index contributed by atoms with van der Waals surface area (Å²) < 4.78 is 18.9. The first kappa shape index (κ1) is 26.6. The summed E-state index contributed by atoms with van der Waals surface area (Å²) in [7, 11) is 6.50. The van der Waals surface area contributed by atoms with Crippen molar-refractivity contribution in [2.45, 2.75) is 38.4 Å². The lowest BCUT2D eigenvalue weighted by Crippen LogP contribution is -2.57. The normalized spacial score (nSPS) is 21.5. The van der Waals surface area contributed by atoms with Crippen molar-refractivity contribution in [3.05, 3.63) is 58.9 Å². The number of Topliss-reactive ketones (excluding diaryl/α,β-unsaturated/α-hetero) is 1. The van der Waals surface area contributed by atoms with Crippen molar-refractivity contribution in [1.29, 1.82) is 0 Å². The Morgan fingerprint density at radius 2 is 1.70 bits per heavy atom. The van der Waals surface area contributed by atoms with E-state index in [1.807, 2.05) is 23.8 Å². The van der Waals surface area contributed by atoms with Crippen LogP contribution in [0.25, 0.3) is 0 Å². The lowest BCUT2D eigenvalue weighted by atomic mass is 9.93. The first-order valence-corrected chi connectivity index (χ1v) is 12.5. The number of hydrogen-bond donors (Lipinski definition) is 0. The van der Waals surface area contributed by atoms with E-state index in [1.54, 1.807) is 38.4 Å². The van der Waals surface area contributed by atoms with Crippen LogP contribution in [-0.4, -0.2) is 92.3 Å². The van der Waals surface area contributed by atoms with Gasteiger partial charge in [-0.05, 0) is 43.2 Å². The van der Waals surface area contributed by atoms with E-state index in [1.165, 1.54) is 24.1 Å². The van der Waals surface area contributed by atoms with E-state index >= 15 is 0 Å². The molecule has 0 saturated carbocycles. The highest BCUT2D eigenvalue weighted by Gasteiger charge is 2.39. The topological polar surface area (TPSA) is 73.4 Å². The molecule has 9 heteroatoms. The fraction of sp³-hybridized carbons (Fsp3) is 0.464. The van der Waals surface area contributed by atoms with Crippen LogP contribution in [0.15, 0.2) is 36.4 Å². The fourth-order valence-electron chi connectivity index (χ4n) is 5.28. The number of anilines is 1. The average molecular weight is 511 g/mol. The minimum atomic E-state index is -0.642. The molecule has 2 aliphatic rings. The fourth-order valence-corrected chi connectivity index (χ4v) is 5.28. The van der Waals surface area contributed by atoms with Crippen LogP contribution in [0.3, 0.4) is 0 Å². The highest BCUT2D eigenvalue weighted by atomic mass is 19.1. The molecule has 2 amide bonds. The molecule has 2 heterocycles. The number of methoxy groups -OCH3 is 1. The maximum Gasteiger partial charge on any atom is 0.290 e. The van der Waals surface area contributed by atoms with Crippen LogP contribution in [0.5, 0.6) is 5.75 Å². The number of nitrogens with zero attached hydrogens (tertiary/aromatic N) is 4. The molecule has 1 saturated heterocycles. The second-order valence-electron chi connectivity index (χ2n) is 10.3. The molecule has 3 atom stereocenters. The summed E-state index contributed by atoms with van der Waals surface area (Å²) in [6.45, 7) is 6.31. The van der Waals surface area contributed by atoms with E-state index < -0.39 is 17.6 Å². The van der Waals surface area contributed by atoms with E-state index in [0.717, 1.165) is 11.3 Å². The number of likely N-dealkylation sites (N-methyl/N-ethyl adjacent to an activating group) is 2. The molecule has 198 valence electrons. The Morgan fingerprint density at radius 3 is 2.32 bits per heavy atom. The van der Waals surface area contributed by atoms with Crippen LogP contribution in [0.4, 0.5) is 10.1 Å². The third kappa shape index (κ3) is 5.18. The number of rotatable bonds is 6. The van der Waals surface area contributed by atoms with E-state index in [2.05, 4.69) is 11.8 Å². The zero-order chi connectivity index (χ0) is 27.0. The van der Waals surface area contributed by atoms with Crippen LogP contribution in [0.1, 0.15) is 41.3 Å². The summed E-state index contributed by atoms with van der Waals surface area (Å²) in [4.78, 5) is 46.6. The number of amides is 2. The van der Waals surface area contributed by atoms with Gasteiger partial charge in [-0.3, -0.25) is 19.3 Å². The second kappa shape index (κ2) is 10.5. The SMILES string of the molecule is COc1cc2c(cc1C(=O)N1C[C@H](C)N(Cc3ccc(F)cc3)C[C@H]1C)C(C(=O)C(=O)N(C)C)CN2C. The van der Waals surface area contributed by atoms with Gasteiger partial charge in [-0.15, -0.1) is 0 Å². The van der Waals surface area contributed by atoms with E-state index in [9.17, 15) is 18.8 Å². The Kier molecular flexibility index (Phi) is 7.54. The summed E-state index contributed by atoms with van der Waals surface area (Å²) in [5, 5.41) is 0. The van der Waals surface area contributed by atoms with E-state index in [4.69, 9.17) is 4.74 Å². The molecule has 37 heavy (non-hydrogen) atoms.